The van der Waals surface area contributed by atoms with E-state index in [1.807, 2.05) is 18.2 Å². The van der Waals surface area contributed by atoms with Gasteiger partial charge in [-0.25, -0.2) is 4.98 Å². The molecule has 0 bridgehead atoms. The first-order chi connectivity index (χ1) is 8.61. The number of anilines is 1. The minimum absolute atomic E-state index is 0.781. The van der Waals surface area contributed by atoms with Crippen molar-refractivity contribution in [3.63, 3.8) is 0 Å². The molecule has 2 N–H and O–H groups in total. The van der Waals surface area contributed by atoms with Crippen LogP contribution < -0.4 is 5.73 Å². The van der Waals surface area contributed by atoms with E-state index in [1.54, 1.807) is 11.3 Å². The van der Waals surface area contributed by atoms with Crippen LogP contribution >= 0.6 is 27.3 Å². The molecule has 4 heteroatoms. The molecule has 1 heterocycles. The number of thiazole rings is 1. The summed E-state index contributed by atoms with van der Waals surface area (Å²) in [7, 11) is 0. The number of benzene rings is 2. The first-order valence-electron chi connectivity index (χ1n) is 5.55. The monoisotopic (exact) mass is 318 g/mol. The first-order valence-corrected chi connectivity index (χ1v) is 7.16. The molecule has 0 saturated heterocycles. The molecule has 0 aliphatic carbocycles. The third-order valence-electron chi connectivity index (χ3n) is 2.70. The van der Waals surface area contributed by atoms with Gasteiger partial charge < -0.3 is 5.73 Å². The summed E-state index contributed by atoms with van der Waals surface area (Å²) < 4.78 is 2.21. The highest BCUT2D eigenvalue weighted by molar-refractivity contribution is 9.10. The van der Waals surface area contributed by atoms with Gasteiger partial charge in [0.05, 0.1) is 10.2 Å². The molecule has 1 aromatic heterocycles. The van der Waals surface area contributed by atoms with Crippen LogP contribution in [0, 0.1) is 6.92 Å². The zero-order chi connectivity index (χ0) is 12.7. The van der Waals surface area contributed by atoms with Gasteiger partial charge in [0, 0.05) is 15.7 Å². The number of aromatic nitrogens is 1. The second kappa shape index (κ2) is 4.37. The van der Waals surface area contributed by atoms with Crippen LogP contribution in [0.3, 0.4) is 0 Å². The van der Waals surface area contributed by atoms with Crippen molar-refractivity contribution in [2.45, 2.75) is 6.92 Å². The van der Waals surface area contributed by atoms with Gasteiger partial charge in [-0.2, -0.15) is 0 Å². The summed E-state index contributed by atoms with van der Waals surface area (Å²) in [5.41, 5.74) is 9.93. The van der Waals surface area contributed by atoms with E-state index in [0.717, 1.165) is 30.9 Å². The molecule has 2 nitrogen and oxygen atoms in total. The van der Waals surface area contributed by atoms with Crippen molar-refractivity contribution in [2.24, 2.45) is 0 Å². The van der Waals surface area contributed by atoms with E-state index in [1.165, 1.54) is 5.56 Å². The van der Waals surface area contributed by atoms with Crippen molar-refractivity contribution in [2.75, 3.05) is 5.73 Å². The predicted octanol–water partition coefficient (Wildman–Crippen LogP) is 4.62. The molecule has 0 aliphatic rings. The van der Waals surface area contributed by atoms with E-state index in [-0.39, 0.29) is 0 Å². The van der Waals surface area contributed by atoms with Crippen molar-refractivity contribution >= 4 is 43.2 Å². The Labute approximate surface area is 118 Å². The Morgan fingerprint density at radius 3 is 2.78 bits per heavy atom. The largest absolute Gasteiger partial charge is 0.399 e. The van der Waals surface area contributed by atoms with Crippen LogP contribution in [0.5, 0.6) is 0 Å². The molecule has 0 fully saturated rings. The van der Waals surface area contributed by atoms with Crippen LogP contribution in [-0.4, -0.2) is 4.98 Å². The Hall–Kier alpha value is -1.39. The van der Waals surface area contributed by atoms with Gasteiger partial charge in [0.15, 0.2) is 0 Å². The van der Waals surface area contributed by atoms with Crippen molar-refractivity contribution in [3.8, 4) is 10.6 Å². The zero-order valence-electron chi connectivity index (χ0n) is 9.77. The maximum atomic E-state index is 5.79. The van der Waals surface area contributed by atoms with Crippen LogP contribution in [0.4, 0.5) is 5.69 Å². The third-order valence-corrected chi connectivity index (χ3v) is 4.23. The lowest BCUT2D eigenvalue weighted by Gasteiger charge is -1.99. The van der Waals surface area contributed by atoms with Crippen molar-refractivity contribution in [1.29, 1.82) is 0 Å². The van der Waals surface area contributed by atoms with Crippen LogP contribution in [0.2, 0.25) is 0 Å². The maximum Gasteiger partial charge on any atom is 0.124 e. The molecule has 18 heavy (non-hydrogen) atoms. The van der Waals surface area contributed by atoms with Gasteiger partial charge >= 0.3 is 0 Å². The lowest BCUT2D eigenvalue weighted by molar-refractivity contribution is 1.42. The average Bonchev–Trinajstić information content (AvgIpc) is 2.70. The van der Waals surface area contributed by atoms with Gasteiger partial charge in [-0.15, -0.1) is 11.3 Å². The van der Waals surface area contributed by atoms with E-state index in [0.29, 0.717) is 0 Å². The summed E-state index contributed by atoms with van der Waals surface area (Å²) in [6.45, 7) is 2.08. The van der Waals surface area contributed by atoms with Crippen molar-refractivity contribution in [1.82, 2.24) is 4.98 Å². The summed E-state index contributed by atoms with van der Waals surface area (Å²) in [5.74, 6) is 0. The summed E-state index contributed by atoms with van der Waals surface area (Å²) in [5, 5.41) is 1.03. The molecule has 2 aromatic carbocycles. The van der Waals surface area contributed by atoms with Crippen LogP contribution in [0.25, 0.3) is 20.8 Å². The van der Waals surface area contributed by atoms with Crippen LogP contribution in [-0.2, 0) is 0 Å². The Morgan fingerprint density at radius 1 is 1.17 bits per heavy atom. The molecule has 0 amide bonds. The van der Waals surface area contributed by atoms with Gasteiger partial charge in [-0.3, -0.25) is 0 Å². The molecule has 90 valence electrons. The number of hydrogen-bond donors (Lipinski definition) is 1. The van der Waals surface area contributed by atoms with E-state index in [2.05, 4.69) is 46.0 Å². The lowest BCUT2D eigenvalue weighted by atomic mass is 10.1. The summed E-state index contributed by atoms with van der Waals surface area (Å²) in [6, 6.07) is 12.2. The van der Waals surface area contributed by atoms with Gasteiger partial charge in [0.25, 0.3) is 0 Å². The smallest absolute Gasteiger partial charge is 0.124 e. The topological polar surface area (TPSA) is 38.9 Å². The highest BCUT2D eigenvalue weighted by Crippen LogP contribution is 2.32. The zero-order valence-corrected chi connectivity index (χ0v) is 12.2. The Kier molecular flexibility index (Phi) is 2.84. The maximum absolute atomic E-state index is 5.79. The molecule has 0 radical (unpaired) electrons. The van der Waals surface area contributed by atoms with Crippen molar-refractivity contribution < 1.29 is 0 Å². The number of halogens is 1. The van der Waals surface area contributed by atoms with Gasteiger partial charge in [0.2, 0.25) is 0 Å². The third kappa shape index (κ3) is 2.13. The fourth-order valence-corrected chi connectivity index (χ4v) is 3.53. The van der Waals surface area contributed by atoms with Crippen molar-refractivity contribution in [3.05, 3.63) is 46.4 Å². The number of rotatable bonds is 1. The molecular formula is C14H11BrN2S. The second-order valence-corrected chi connectivity index (χ2v) is 6.21. The fraction of sp³-hybridized carbons (Fsp3) is 0.0714. The van der Waals surface area contributed by atoms with Crippen LogP contribution in [0.15, 0.2) is 40.9 Å². The lowest BCUT2D eigenvalue weighted by Crippen LogP contribution is -1.81. The Balaban J connectivity index is 2.19. The van der Waals surface area contributed by atoms with Gasteiger partial charge in [-0.1, -0.05) is 15.9 Å². The molecule has 3 rings (SSSR count). The van der Waals surface area contributed by atoms with Gasteiger partial charge in [-0.05, 0) is 48.9 Å². The summed E-state index contributed by atoms with van der Waals surface area (Å²) >= 11 is 5.19. The van der Waals surface area contributed by atoms with E-state index >= 15 is 0 Å². The second-order valence-electron chi connectivity index (χ2n) is 4.26. The predicted molar refractivity (Wildman–Crippen MR) is 81.9 cm³/mol. The summed E-state index contributed by atoms with van der Waals surface area (Å²) in [6.07, 6.45) is 0. The number of hydrogen-bond acceptors (Lipinski definition) is 3. The number of aryl methyl sites for hydroxylation is 1. The fourth-order valence-electron chi connectivity index (χ4n) is 1.92. The minimum Gasteiger partial charge on any atom is -0.399 e. The molecule has 0 saturated carbocycles. The minimum atomic E-state index is 0.781. The molecule has 0 aliphatic heterocycles. The standard InChI is InChI=1S/C14H11BrN2S/c1-8-4-9(6-10(15)5-8)14-17-12-3-2-11(16)7-13(12)18-14/h2-7H,16H2,1H3. The summed E-state index contributed by atoms with van der Waals surface area (Å²) in [4.78, 5) is 4.65. The molecule has 0 unspecified atom stereocenters. The van der Waals surface area contributed by atoms with Crippen LogP contribution in [0.1, 0.15) is 5.56 Å². The Morgan fingerprint density at radius 2 is 2.00 bits per heavy atom. The molecule has 0 atom stereocenters. The Bertz CT molecular complexity index is 713. The molecule has 0 spiro atoms. The number of nitrogen functional groups attached to an aromatic ring is 1. The average molecular weight is 319 g/mol. The van der Waals surface area contributed by atoms with Gasteiger partial charge in [0.1, 0.15) is 5.01 Å². The highest BCUT2D eigenvalue weighted by atomic mass is 79.9. The SMILES string of the molecule is Cc1cc(Br)cc(-c2nc3ccc(N)cc3s2)c1. The quantitative estimate of drug-likeness (QED) is 0.665. The first kappa shape index (κ1) is 11.7. The molecular weight excluding hydrogens is 308 g/mol. The highest BCUT2D eigenvalue weighted by Gasteiger charge is 2.07. The van der Waals surface area contributed by atoms with E-state index in [9.17, 15) is 0 Å². The van der Waals surface area contributed by atoms with E-state index < -0.39 is 0 Å². The number of nitrogens with zero attached hydrogens (tertiary/aromatic N) is 1. The normalized spacial score (nSPS) is 11.0. The van der Waals surface area contributed by atoms with E-state index in [4.69, 9.17) is 5.73 Å². The molecule has 3 aromatic rings. The number of nitrogens with two attached hydrogens (primary N) is 1. The number of fused-ring (bicyclic) bond motifs is 1.